The number of anilines is 3. The number of alkyl halides is 3. The lowest BCUT2D eigenvalue weighted by atomic mass is 10.2. The number of carbonyl (C=O) groups is 1. The van der Waals surface area contributed by atoms with E-state index < -0.39 is 24.7 Å². The van der Waals surface area contributed by atoms with Crippen LogP contribution in [0.4, 0.5) is 30.6 Å². The van der Waals surface area contributed by atoms with Crippen LogP contribution in [0.3, 0.4) is 0 Å². The van der Waals surface area contributed by atoms with Crippen molar-refractivity contribution in [2.45, 2.75) is 26.1 Å². The van der Waals surface area contributed by atoms with Crippen LogP contribution in [0, 0.1) is 6.92 Å². The summed E-state index contributed by atoms with van der Waals surface area (Å²) in [4.78, 5) is 20.8. The van der Waals surface area contributed by atoms with Gasteiger partial charge in [-0.3, -0.25) is 4.79 Å². The van der Waals surface area contributed by atoms with Gasteiger partial charge in [-0.1, -0.05) is 18.7 Å². The summed E-state index contributed by atoms with van der Waals surface area (Å²) in [5.41, 5.74) is 1.95. The lowest BCUT2D eigenvalue weighted by Gasteiger charge is -2.23. The van der Waals surface area contributed by atoms with Gasteiger partial charge in [0.05, 0.1) is 6.04 Å². The van der Waals surface area contributed by atoms with Crippen LogP contribution in [0.25, 0.3) is 0 Å². The number of nitrogens with zero attached hydrogens (tertiary/aromatic N) is 2. The fourth-order valence-corrected chi connectivity index (χ4v) is 2.67. The fourth-order valence-electron chi connectivity index (χ4n) is 2.67. The van der Waals surface area contributed by atoms with Gasteiger partial charge in [0.1, 0.15) is 12.1 Å². The third-order valence-electron chi connectivity index (χ3n) is 4.21. The highest BCUT2D eigenvalue weighted by molar-refractivity contribution is 6.02. The summed E-state index contributed by atoms with van der Waals surface area (Å²) < 4.78 is 42.6. The van der Waals surface area contributed by atoms with E-state index in [1.54, 1.807) is 6.92 Å². The van der Waals surface area contributed by atoms with Crippen LogP contribution in [0.1, 0.15) is 22.8 Å². The largest absolute Gasteiger partial charge is 0.456 e. The van der Waals surface area contributed by atoms with Crippen molar-refractivity contribution in [3.8, 4) is 5.88 Å². The third kappa shape index (κ3) is 5.31. The third-order valence-corrected chi connectivity index (χ3v) is 4.21. The molecule has 1 aliphatic rings. The van der Waals surface area contributed by atoms with Gasteiger partial charge in [0.25, 0.3) is 5.91 Å². The van der Waals surface area contributed by atoms with Crippen LogP contribution in [0.15, 0.2) is 36.5 Å². The predicted molar refractivity (Wildman–Crippen MR) is 106 cm³/mol. The molecule has 4 N–H and O–H groups in total. The molecule has 0 unspecified atom stereocenters. The van der Waals surface area contributed by atoms with Crippen molar-refractivity contribution in [1.29, 1.82) is 0 Å². The van der Waals surface area contributed by atoms with Gasteiger partial charge in [-0.15, -0.1) is 0 Å². The number of benzene rings is 1. The van der Waals surface area contributed by atoms with Gasteiger partial charge in [0.2, 0.25) is 11.8 Å². The van der Waals surface area contributed by atoms with Gasteiger partial charge in [0.15, 0.2) is 12.5 Å². The Morgan fingerprint density at radius 1 is 1.37 bits per heavy atom. The highest BCUT2D eigenvalue weighted by Crippen LogP contribution is 2.30. The molecule has 2 heterocycles. The number of ether oxygens (including phenoxy) is 1. The number of carbonyl (C=O) groups excluding carboxylic acids is 1. The molecule has 30 heavy (non-hydrogen) atoms. The molecule has 1 aromatic carbocycles. The Labute approximate surface area is 170 Å². The van der Waals surface area contributed by atoms with E-state index in [9.17, 15) is 18.0 Å². The molecule has 8 nitrogen and oxygen atoms in total. The average Bonchev–Trinajstić information content (AvgIpc) is 2.65. The standard InChI is InChI=1S/C19H21F3N6O2/c1-10-5-4-6-13(7-10)26-15-14-16(29)24-9-30-17(14)28-18(27-15)25-12(3)11(2)23-8-19(20,21)22/h4-7,12,23H,2,8-9H2,1,3H3,(H,24,29)(H2,25,26,27,28)/t12-/m0/s1. The minimum atomic E-state index is -4.36. The van der Waals surface area contributed by atoms with Crippen LogP contribution in [0.2, 0.25) is 0 Å². The fraction of sp³-hybridized carbons (Fsp3) is 0.316. The zero-order valence-electron chi connectivity index (χ0n) is 16.4. The Bertz CT molecular complexity index is 964. The Morgan fingerprint density at radius 2 is 2.13 bits per heavy atom. The van der Waals surface area contributed by atoms with E-state index in [0.29, 0.717) is 5.69 Å². The first-order valence-electron chi connectivity index (χ1n) is 9.05. The molecule has 11 heteroatoms. The van der Waals surface area contributed by atoms with Crippen molar-refractivity contribution in [3.63, 3.8) is 0 Å². The molecule has 1 aliphatic heterocycles. The maximum absolute atomic E-state index is 12.4. The summed E-state index contributed by atoms with van der Waals surface area (Å²) in [5.74, 6) is -0.0675. The second-order valence-electron chi connectivity index (χ2n) is 6.73. The van der Waals surface area contributed by atoms with Crippen molar-refractivity contribution in [2.75, 3.05) is 23.9 Å². The van der Waals surface area contributed by atoms with Crippen LogP contribution < -0.4 is 26.0 Å². The summed E-state index contributed by atoms with van der Waals surface area (Å²) in [6.45, 7) is 5.89. The first kappa shape index (κ1) is 21.2. The molecule has 160 valence electrons. The van der Waals surface area contributed by atoms with E-state index in [1.807, 2.05) is 31.2 Å². The minimum Gasteiger partial charge on any atom is -0.456 e. The van der Waals surface area contributed by atoms with Gasteiger partial charge >= 0.3 is 6.18 Å². The van der Waals surface area contributed by atoms with Crippen LogP contribution in [0.5, 0.6) is 5.88 Å². The first-order valence-corrected chi connectivity index (χ1v) is 9.05. The van der Waals surface area contributed by atoms with Gasteiger partial charge < -0.3 is 26.0 Å². The maximum Gasteiger partial charge on any atom is 0.405 e. The zero-order valence-corrected chi connectivity index (χ0v) is 16.4. The van der Waals surface area contributed by atoms with Crippen LogP contribution in [-0.2, 0) is 0 Å². The lowest BCUT2D eigenvalue weighted by molar-refractivity contribution is -0.123. The second-order valence-corrected chi connectivity index (χ2v) is 6.73. The first-order chi connectivity index (χ1) is 14.1. The number of rotatable bonds is 7. The SMILES string of the molecule is C=C(NCC(F)(F)F)[C@H](C)Nc1nc(Nc2cccc(C)c2)c2c(n1)OCNC2=O. The Balaban J connectivity index is 1.85. The predicted octanol–water partition coefficient (Wildman–Crippen LogP) is 3.07. The summed E-state index contributed by atoms with van der Waals surface area (Å²) in [7, 11) is 0. The van der Waals surface area contributed by atoms with E-state index in [-0.39, 0.29) is 35.6 Å². The average molecular weight is 422 g/mol. The van der Waals surface area contributed by atoms with Gasteiger partial charge in [-0.05, 0) is 31.5 Å². The molecule has 0 radical (unpaired) electrons. The summed E-state index contributed by atoms with van der Waals surface area (Å²) in [6, 6.07) is 6.82. The number of amides is 1. The second kappa shape index (κ2) is 8.47. The molecule has 1 aromatic heterocycles. The van der Waals surface area contributed by atoms with E-state index in [2.05, 4.69) is 37.8 Å². The quantitative estimate of drug-likeness (QED) is 0.544. The summed E-state index contributed by atoms with van der Waals surface area (Å²) >= 11 is 0. The minimum absolute atomic E-state index is 0.0540. The number of hydrogen-bond acceptors (Lipinski definition) is 7. The highest BCUT2D eigenvalue weighted by Gasteiger charge is 2.28. The lowest BCUT2D eigenvalue weighted by Crippen LogP contribution is -2.36. The normalized spacial score (nSPS) is 14.1. The van der Waals surface area contributed by atoms with E-state index in [1.165, 1.54) is 0 Å². The molecule has 0 spiro atoms. The molecule has 0 saturated carbocycles. The molecule has 0 fully saturated rings. The Kier molecular flexibility index (Phi) is 5.99. The number of hydrogen-bond donors (Lipinski definition) is 4. The van der Waals surface area contributed by atoms with E-state index in [4.69, 9.17) is 4.74 Å². The summed E-state index contributed by atoms with van der Waals surface area (Å²) in [5, 5.41) is 10.7. The molecule has 0 bridgehead atoms. The van der Waals surface area contributed by atoms with Crippen molar-refractivity contribution in [1.82, 2.24) is 20.6 Å². The molecule has 3 rings (SSSR count). The molecule has 1 atom stereocenters. The van der Waals surface area contributed by atoms with Gasteiger partial charge in [0, 0.05) is 11.4 Å². The van der Waals surface area contributed by atoms with Crippen LogP contribution in [-0.4, -0.2) is 41.4 Å². The number of aromatic nitrogens is 2. The molecular formula is C19H21F3N6O2. The summed E-state index contributed by atoms with van der Waals surface area (Å²) in [6.07, 6.45) is -4.36. The smallest absolute Gasteiger partial charge is 0.405 e. The molecule has 1 amide bonds. The van der Waals surface area contributed by atoms with E-state index in [0.717, 1.165) is 5.56 Å². The van der Waals surface area contributed by atoms with Crippen molar-refractivity contribution < 1.29 is 22.7 Å². The van der Waals surface area contributed by atoms with Crippen molar-refractivity contribution in [2.24, 2.45) is 0 Å². The number of halogens is 3. The van der Waals surface area contributed by atoms with Gasteiger partial charge in [-0.25, -0.2) is 0 Å². The van der Waals surface area contributed by atoms with E-state index >= 15 is 0 Å². The monoisotopic (exact) mass is 422 g/mol. The van der Waals surface area contributed by atoms with Crippen molar-refractivity contribution in [3.05, 3.63) is 47.7 Å². The van der Waals surface area contributed by atoms with Crippen LogP contribution >= 0.6 is 0 Å². The highest BCUT2D eigenvalue weighted by atomic mass is 19.4. The Hall–Kier alpha value is -3.50. The zero-order chi connectivity index (χ0) is 21.9. The van der Waals surface area contributed by atoms with Gasteiger partial charge in [-0.2, -0.15) is 23.1 Å². The maximum atomic E-state index is 12.4. The number of aryl methyl sites for hydroxylation is 1. The topological polar surface area (TPSA) is 100 Å². The molecular weight excluding hydrogens is 401 g/mol. The number of fused-ring (bicyclic) bond motifs is 1. The Morgan fingerprint density at radius 3 is 2.83 bits per heavy atom. The van der Waals surface area contributed by atoms with Crippen molar-refractivity contribution >= 4 is 23.4 Å². The number of nitrogens with one attached hydrogen (secondary N) is 4. The molecule has 0 saturated heterocycles. The molecule has 2 aromatic rings. The molecule has 0 aliphatic carbocycles.